The molecule has 1 aromatic heterocycles. The molecule has 0 atom stereocenters. The van der Waals surface area contributed by atoms with E-state index in [4.69, 9.17) is 20.8 Å². The molecule has 0 saturated carbocycles. The molecular formula is C25H14ClF3O4. The predicted octanol–water partition coefficient (Wildman–Crippen LogP) is 6.75. The highest BCUT2D eigenvalue weighted by atomic mass is 35.5. The van der Waals surface area contributed by atoms with E-state index in [0.717, 1.165) is 11.6 Å². The first-order valence-corrected chi connectivity index (χ1v) is 10.00. The Kier molecular flexibility index (Phi) is 6.07. The molecule has 1 heterocycles. The second-order valence-corrected chi connectivity index (χ2v) is 7.34. The Bertz CT molecular complexity index is 1420. The minimum Gasteiger partial charge on any atom is -0.450 e. The Morgan fingerprint density at radius 1 is 0.970 bits per heavy atom. The van der Waals surface area contributed by atoms with Crippen LogP contribution in [0.2, 0.25) is 5.02 Å². The summed E-state index contributed by atoms with van der Waals surface area (Å²) < 4.78 is 51.6. The van der Waals surface area contributed by atoms with Crippen LogP contribution in [0.1, 0.15) is 11.3 Å². The van der Waals surface area contributed by atoms with Gasteiger partial charge in [-0.15, -0.1) is 0 Å². The number of alkyl halides is 3. The second kappa shape index (κ2) is 8.96. The number of rotatable bonds is 4. The fourth-order valence-corrected chi connectivity index (χ4v) is 3.45. The van der Waals surface area contributed by atoms with Crippen molar-refractivity contribution in [3.8, 4) is 16.9 Å². The quantitative estimate of drug-likeness (QED) is 0.188. The van der Waals surface area contributed by atoms with Gasteiger partial charge in [-0.05, 0) is 29.8 Å². The van der Waals surface area contributed by atoms with Crippen molar-refractivity contribution >= 4 is 34.6 Å². The summed E-state index contributed by atoms with van der Waals surface area (Å²) in [5.74, 6) is -2.31. The molecule has 0 amide bonds. The number of halogens is 4. The van der Waals surface area contributed by atoms with Gasteiger partial charge in [0, 0.05) is 22.7 Å². The second-order valence-electron chi connectivity index (χ2n) is 6.94. The lowest BCUT2D eigenvalue weighted by molar-refractivity contribution is -0.152. The fourth-order valence-electron chi connectivity index (χ4n) is 3.22. The summed E-state index contributed by atoms with van der Waals surface area (Å²) in [5.41, 5.74) is -1.29. The maximum atomic E-state index is 13.8. The number of ether oxygens (including phenoxy) is 1. The summed E-state index contributed by atoms with van der Waals surface area (Å²) in [4.78, 5) is 25.1. The van der Waals surface area contributed by atoms with Crippen molar-refractivity contribution in [3.05, 3.63) is 105 Å². The molecule has 0 aliphatic heterocycles. The average Bonchev–Trinajstić information content (AvgIpc) is 2.78. The molecule has 0 aliphatic rings. The van der Waals surface area contributed by atoms with E-state index in [1.165, 1.54) is 48.6 Å². The van der Waals surface area contributed by atoms with Gasteiger partial charge < -0.3 is 9.15 Å². The maximum Gasteiger partial charge on any atom is 0.450 e. The summed E-state index contributed by atoms with van der Waals surface area (Å²) in [6.07, 6.45) is -2.26. The highest BCUT2D eigenvalue weighted by Crippen LogP contribution is 2.39. The Hall–Kier alpha value is -3.84. The number of fused-ring (bicyclic) bond motifs is 1. The number of esters is 1. The third-order valence-corrected chi connectivity index (χ3v) is 5.02. The van der Waals surface area contributed by atoms with Crippen molar-refractivity contribution in [1.29, 1.82) is 0 Å². The van der Waals surface area contributed by atoms with E-state index in [-0.39, 0.29) is 27.3 Å². The van der Waals surface area contributed by atoms with E-state index in [1.807, 2.05) is 6.07 Å². The van der Waals surface area contributed by atoms with Crippen LogP contribution in [0, 0.1) is 0 Å². The van der Waals surface area contributed by atoms with Gasteiger partial charge in [-0.25, -0.2) is 4.79 Å². The molecule has 4 aromatic rings. The molecule has 0 spiro atoms. The van der Waals surface area contributed by atoms with Crippen LogP contribution in [0.5, 0.6) is 5.75 Å². The zero-order valence-electron chi connectivity index (χ0n) is 16.7. The summed E-state index contributed by atoms with van der Waals surface area (Å²) in [6.45, 7) is 0. The molecule has 0 aliphatic carbocycles. The molecule has 0 radical (unpaired) electrons. The largest absolute Gasteiger partial charge is 0.450 e. The minimum absolute atomic E-state index is 0.0228. The maximum absolute atomic E-state index is 13.8. The van der Waals surface area contributed by atoms with Gasteiger partial charge in [0.1, 0.15) is 11.3 Å². The molecule has 166 valence electrons. The number of hydrogen-bond donors (Lipinski definition) is 0. The van der Waals surface area contributed by atoms with Crippen molar-refractivity contribution in [3.63, 3.8) is 0 Å². The molecule has 0 fully saturated rings. The van der Waals surface area contributed by atoms with E-state index in [1.54, 1.807) is 24.3 Å². The van der Waals surface area contributed by atoms with Crippen molar-refractivity contribution in [2.45, 2.75) is 6.18 Å². The van der Waals surface area contributed by atoms with Crippen LogP contribution >= 0.6 is 11.6 Å². The molecular weight excluding hydrogens is 457 g/mol. The minimum atomic E-state index is -4.97. The summed E-state index contributed by atoms with van der Waals surface area (Å²) in [7, 11) is 0. The number of benzene rings is 3. The molecule has 0 N–H and O–H groups in total. The van der Waals surface area contributed by atoms with Gasteiger partial charge in [-0.2, -0.15) is 13.2 Å². The highest BCUT2D eigenvalue weighted by molar-refractivity contribution is 6.33. The zero-order chi connectivity index (χ0) is 23.6. The van der Waals surface area contributed by atoms with Crippen LogP contribution in [0.4, 0.5) is 13.2 Å². The monoisotopic (exact) mass is 470 g/mol. The molecule has 3 aromatic carbocycles. The zero-order valence-corrected chi connectivity index (χ0v) is 17.5. The van der Waals surface area contributed by atoms with Crippen LogP contribution in [-0.2, 0) is 11.0 Å². The Balaban J connectivity index is 1.75. The lowest BCUT2D eigenvalue weighted by atomic mass is 10.0. The predicted molar refractivity (Wildman–Crippen MR) is 119 cm³/mol. The van der Waals surface area contributed by atoms with Gasteiger partial charge in [0.15, 0.2) is 0 Å². The van der Waals surface area contributed by atoms with Crippen molar-refractivity contribution < 1.29 is 27.1 Å². The summed E-state index contributed by atoms with van der Waals surface area (Å²) >= 11 is 6.05. The first-order valence-electron chi connectivity index (χ1n) is 9.62. The van der Waals surface area contributed by atoms with Gasteiger partial charge >= 0.3 is 12.1 Å². The lowest BCUT2D eigenvalue weighted by Crippen LogP contribution is -2.16. The van der Waals surface area contributed by atoms with E-state index in [9.17, 15) is 22.8 Å². The molecule has 0 unspecified atom stereocenters. The molecule has 8 heteroatoms. The lowest BCUT2D eigenvalue weighted by Gasteiger charge is -2.14. The molecule has 4 rings (SSSR count). The summed E-state index contributed by atoms with van der Waals surface area (Å²) in [5, 5.41) is -0.136. The van der Waals surface area contributed by atoms with Crippen LogP contribution in [0.25, 0.3) is 28.2 Å². The SMILES string of the molecule is O=C(C=Cc1ccccc1)Oc1ccc2c(=O)c(-c3ccccc3Cl)c(C(F)(F)F)oc2c1. The Morgan fingerprint density at radius 2 is 1.67 bits per heavy atom. The number of carbonyl (C=O) groups excluding carboxylic acids is 1. The molecule has 33 heavy (non-hydrogen) atoms. The van der Waals surface area contributed by atoms with E-state index in [2.05, 4.69) is 0 Å². The Morgan fingerprint density at radius 3 is 2.36 bits per heavy atom. The van der Waals surface area contributed by atoms with E-state index < -0.39 is 28.9 Å². The van der Waals surface area contributed by atoms with E-state index in [0.29, 0.717) is 0 Å². The summed E-state index contributed by atoms with van der Waals surface area (Å²) in [6, 6.07) is 18.3. The van der Waals surface area contributed by atoms with E-state index >= 15 is 0 Å². The van der Waals surface area contributed by atoms with Gasteiger partial charge in [-0.3, -0.25) is 4.79 Å². The van der Waals surface area contributed by atoms with Crippen molar-refractivity contribution in [2.75, 3.05) is 0 Å². The van der Waals surface area contributed by atoms with Crippen LogP contribution in [0.15, 0.2) is 88.1 Å². The third-order valence-electron chi connectivity index (χ3n) is 4.69. The van der Waals surface area contributed by atoms with Gasteiger partial charge in [0.2, 0.25) is 11.2 Å². The van der Waals surface area contributed by atoms with Crippen LogP contribution in [0.3, 0.4) is 0 Å². The van der Waals surface area contributed by atoms with Crippen LogP contribution < -0.4 is 10.2 Å². The average molecular weight is 471 g/mol. The number of carbonyl (C=O) groups is 1. The third kappa shape index (κ3) is 4.83. The van der Waals surface area contributed by atoms with Gasteiger partial charge in [0.05, 0.1) is 10.9 Å². The Labute approximate surface area is 190 Å². The number of hydrogen-bond acceptors (Lipinski definition) is 4. The standard InChI is InChI=1S/C25H14ClF3O4/c26-19-9-5-4-8-17(19)22-23(31)18-12-11-16(14-20(18)33-24(22)25(27,28)29)32-21(30)13-10-15-6-2-1-3-7-15/h1-14H. The highest BCUT2D eigenvalue weighted by Gasteiger charge is 2.39. The normalized spacial score (nSPS) is 11.8. The first kappa shape index (κ1) is 22.4. The first-order chi connectivity index (χ1) is 15.7. The molecule has 0 saturated heterocycles. The molecule has 4 nitrogen and oxygen atoms in total. The molecule has 0 bridgehead atoms. The smallest absolute Gasteiger partial charge is 0.450 e. The fraction of sp³-hybridized carbons (Fsp3) is 0.0400. The van der Waals surface area contributed by atoms with Crippen molar-refractivity contribution in [1.82, 2.24) is 0 Å². The van der Waals surface area contributed by atoms with Crippen molar-refractivity contribution in [2.24, 2.45) is 0 Å². The van der Waals surface area contributed by atoms with Gasteiger partial charge in [-0.1, -0.05) is 60.1 Å². The van der Waals surface area contributed by atoms with Crippen LogP contribution in [-0.4, -0.2) is 5.97 Å². The topological polar surface area (TPSA) is 56.5 Å². The van der Waals surface area contributed by atoms with Gasteiger partial charge in [0.25, 0.3) is 0 Å².